The van der Waals surface area contributed by atoms with Gasteiger partial charge in [-0.2, -0.15) is 0 Å². The van der Waals surface area contributed by atoms with Gasteiger partial charge in [-0.25, -0.2) is 0 Å². The molecule has 0 saturated carbocycles. The van der Waals surface area contributed by atoms with Crippen LogP contribution >= 0.6 is 0 Å². The summed E-state index contributed by atoms with van der Waals surface area (Å²) in [6.07, 6.45) is 10.6. The molecule has 0 N–H and O–H groups in total. The highest BCUT2D eigenvalue weighted by atomic mass is 28.3. The fraction of sp³-hybridized carbons (Fsp3) is 0.333. The molecule has 0 heterocycles. The molecular formula is C24H28Si. The Hall–Kier alpha value is -1.86. The molecule has 0 fully saturated rings. The highest BCUT2D eigenvalue weighted by Crippen LogP contribution is 2.57. The van der Waals surface area contributed by atoms with E-state index in [1.54, 1.807) is 10.8 Å². The standard InChI is InChI=1S/C24H28Si/c1-23(2,3)24(15-8-9-16-24)25(4,5)22-14-10-13-20-19-12-7-6-11-18(19)17-21(20)22/h6-16H,17H2,1-5H3. The van der Waals surface area contributed by atoms with Crippen molar-refractivity contribution in [3.05, 3.63) is 77.9 Å². The van der Waals surface area contributed by atoms with Gasteiger partial charge in [0.05, 0.1) is 8.07 Å². The smallest absolute Gasteiger partial charge is 0.0764 e. The molecule has 2 aromatic carbocycles. The summed E-state index contributed by atoms with van der Waals surface area (Å²) in [6.45, 7) is 12.3. The van der Waals surface area contributed by atoms with Gasteiger partial charge in [-0.15, -0.1) is 0 Å². The zero-order chi connectivity index (χ0) is 17.9. The van der Waals surface area contributed by atoms with Crippen LogP contribution in [0, 0.1) is 5.41 Å². The molecule has 4 rings (SSSR count). The van der Waals surface area contributed by atoms with Crippen molar-refractivity contribution in [2.24, 2.45) is 5.41 Å². The van der Waals surface area contributed by atoms with E-state index in [9.17, 15) is 0 Å². The Morgan fingerprint density at radius 3 is 2.16 bits per heavy atom. The van der Waals surface area contributed by atoms with Crippen LogP contribution < -0.4 is 5.19 Å². The third kappa shape index (κ3) is 2.18. The van der Waals surface area contributed by atoms with Crippen molar-refractivity contribution in [2.45, 2.75) is 45.3 Å². The number of hydrogen-bond donors (Lipinski definition) is 0. The van der Waals surface area contributed by atoms with Gasteiger partial charge in [0.2, 0.25) is 0 Å². The Morgan fingerprint density at radius 1 is 0.840 bits per heavy atom. The predicted molar refractivity (Wildman–Crippen MR) is 112 cm³/mol. The Bertz CT molecular complexity index is 879. The second-order valence-corrected chi connectivity index (χ2v) is 13.7. The van der Waals surface area contributed by atoms with E-state index in [-0.39, 0.29) is 10.5 Å². The molecule has 2 aromatic rings. The molecule has 0 bridgehead atoms. The molecular weight excluding hydrogens is 316 g/mol. The van der Waals surface area contributed by atoms with E-state index >= 15 is 0 Å². The van der Waals surface area contributed by atoms with Gasteiger partial charge < -0.3 is 0 Å². The Kier molecular flexibility index (Phi) is 3.53. The number of rotatable bonds is 2. The average molecular weight is 345 g/mol. The molecule has 0 atom stereocenters. The van der Waals surface area contributed by atoms with Crippen molar-refractivity contribution in [3.63, 3.8) is 0 Å². The largest absolute Gasteiger partial charge is 0.0957 e. The van der Waals surface area contributed by atoms with E-state index in [1.807, 2.05) is 0 Å². The zero-order valence-corrected chi connectivity index (χ0v) is 17.1. The molecule has 0 spiro atoms. The molecule has 2 aliphatic rings. The maximum atomic E-state index is 2.57. The molecule has 0 saturated heterocycles. The van der Waals surface area contributed by atoms with Gasteiger partial charge in [-0.05, 0) is 34.1 Å². The van der Waals surface area contributed by atoms with E-state index in [4.69, 9.17) is 0 Å². The minimum absolute atomic E-state index is 0.157. The lowest BCUT2D eigenvalue weighted by Crippen LogP contribution is -2.57. The normalized spacial score (nSPS) is 17.6. The minimum atomic E-state index is -1.80. The molecule has 0 unspecified atom stereocenters. The van der Waals surface area contributed by atoms with Crippen LogP contribution in [0.2, 0.25) is 18.1 Å². The van der Waals surface area contributed by atoms with Gasteiger partial charge in [0.25, 0.3) is 0 Å². The molecule has 25 heavy (non-hydrogen) atoms. The van der Waals surface area contributed by atoms with E-state index in [2.05, 4.69) is 101 Å². The Morgan fingerprint density at radius 2 is 1.48 bits per heavy atom. The van der Waals surface area contributed by atoms with Crippen LogP contribution in [0.5, 0.6) is 0 Å². The summed E-state index contributed by atoms with van der Waals surface area (Å²) in [4.78, 5) is 0. The molecule has 0 radical (unpaired) electrons. The highest BCUT2D eigenvalue weighted by Gasteiger charge is 2.53. The highest BCUT2D eigenvalue weighted by molar-refractivity contribution is 6.93. The maximum absolute atomic E-state index is 2.57. The second kappa shape index (κ2) is 5.31. The first kappa shape index (κ1) is 16.6. The molecule has 0 nitrogen and oxygen atoms in total. The van der Waals surface area contributed by atoms with Gasteiger partial charge in [0.1, 0.15) is 0 Å². The lowest BCUT2D eigenvalue weighted by molar-refractivity contribution is 0.351. The topological polar surface area (TPSA) is 0 Å². The number of allylic oxidation sites excluding steroid dienone is 4. The van der Waals surface area contributed by atoms with Crippen LogP contribution in [0.15, 0.2) is 66.8 Å². The second-order valence-electron chi connectivity index (χ2n) is 9.13. The van der Waals surface area contributed by atoms with Crippen molar-refractivity contribution in [3.8, 4) is 11.1 Å². The van der Waals surface area contributed by atoms with Crippen molar-refractivity contribution < 1.29 is 0 Å². The van der Waals surface area contributed by atoms with Crippen LogP contribution in [-0.2, 0) is 6.42 Å². The first-order valence-electron chi connectivity index (χ1n) is 9.36. The average Bonchev–Trinajstić information content (AvgIpc) is 3.19. The van der Waals surface area contributed by atoms with Crippen LogP contribution in [0.3, 0.4) is 0 Å². The zero-order valence-electron chi connectivity index (χ0n) is 16.1. The molecule has 0 aromatic heterocycles. The molecule has 0 aliphatic heterocycles. The summed E-state index contributed by atoms with van der Waals surface area (Å²) in [6, 6.07) is 15.9. The summed E-state index contributed by atoms with van der Waals surface area (Å²) in [7, 11) is -1.80. The fourth-order valence-corrected chi connectivity index (χ4v) is 10.1. The van der Waals surface area contributed by atoms with Crippen LogP contribution in [0.25, 0.3) is 11.1 Å². The van der Waals surface area contributed by atoms with E-state index in [1.165, 1.54) is 16.7 Å². The summed E-state index contributed by atoms with van der Waals surface area (Å²) >= 11 is 0. The Balaban J connectivity index is 1.92. The minimum Gasteiger partial charge on any atom is -0.0764 e. The van der Waals surface area contributed by atoms with Gasteiger partial charge in [0, 0.05) is 5.04 Å². The van der Waals surface area contributed by atoms with Crippen LogP contribution in [0.4, 0.5) is 0 Å². The number of hydrogen-bond acceptors (Lipinski definition) is 0. The molecule has 128 valence electrons. The number of benzene rings is 2. The van der Waals surface area contributed by atoms with Crippen molar-refractivity contribution in [2.75, 3.05) is 0 Å². The molecule has 2 aliphatic carbocycles. The first-order valence-corrected chi connectivity index (χ1v) is 12.4. The van der Waals surface area contributed by atoms with Crippen molar-refractivity contribution in [1.29, 1.82) is 0 Å². The lowest BCUT2D eigenvalue weighted by Gasteiger charge is -2.50. The monoisotopic (exact) mass is 344 g/mol. The van der Waals surface area contributed by atoms with Crippen molar-refractivity contribution in [1.82, 2.24) is 0 Å². The number of fused-ring (bicyclic) bond motifs is 3. The summed E-state index contributed by atoms with van der Waals surface area (Å²) < 4.78 is 0. The fourth-order valence-electron chi connectivity index (χ4n) is 5.29. The van der Waals surface area contributed by atoms with Gasteiger partial charge in [0.15, 0.2) is 0 Å². The van der Waals surface area contributed by atoms with Crippen LogP contribution in [0.1, 0.15) is 31.9 Å². The summed E-state index contributed by atoms with van der Waals surface area (Å²) in [5, 5.41) is 1.79. The summed E-state index contributed by atoms with van der Waals surface area (Å²) in [5.74, 6) is 0. The summed E-state index contributed by atoms with van der Waals surface area (Å²) in [5.41, 5.74) is 6.17. The van der Waals surface area contributed by atoms with Gasteiger partial charge in [-0.1, -0.05) is 106 Å². The quantitative estimate of drug-likeness (QED) is 0.494. The lowest BCUT2D eigenvalue weighted by atomic mass is 9.80. The van der Waals surface area contributed by atoms with E-state index in [0.717, 1.165) is 6.42 Å². The van der Waals surface area contributed by atoms with E-state index in [0.29, 0.717) is 0 Å². The third-order valence-electron chi connectivity index (χ3n) is 6.63. The third-order valence-corrected chi connectivity index (χ3v) is 11.6. The van der Waals surface area contributed by atoms with Gasteiger partial charge >= 0.3 is 0 Å². The Labute approximate surface area is 153 Å². The molecule has 0 amide bonds. The van der Waals surface area contributed by atoms with E-state index < -0.39 is 8.07 Å². The molecule has 1 heteroatoms. The predicted octanol–water partition coefficient (Wildman–Crippen LogP) is 6.09. The SMILES string of the molecule is CC(C)(C)C1([Si](C)(C)c2cccc3c2Cc2ccccc2-3)C=CC=C1. The first-order chi connectivity index (χ1) is 11.8. The maximum Gasteiger partial charge on any atom is 0.0957 e. The van der Waals surface area contributed by atoms with Crippen molar-refractivity contribution >= 4 is 13.3 Å². The van der Waals surface area contributed by atoms with Gasteiger partial charge in [-0.3, -0.25) is 0 Å². The van der Waals surface area contributed by atoms with Crippen LogP contribution in [-0.4, -0.2) is 8.07 Å².